The van der Waals surface area contributed by atoms with Gasteiger partial charge >= 0.3 is 12.1 Å². The van der Waals surface area contributed by atoms with E-state index in [0.717, 1.165) is 17.7 Å². The summed E-state index contributed by atoms with van der Waals surface area (Å²) in [6.07, 6.45) is -0.753. The summed E-state index contributed by atoms with van der Waals surface area (Å²) in [6.45, 7) is -0.130. The van der Waals surface area contributed by atoms with Crippen LogP contribution in [0.15, 0.2) is 42.5 Å². The minimum atomic E-state index is -1.69. The minimum Gasteiger partial charge on any atom is -0.477 e. The van der Waals surface area contributed by atoms with Crippen LogP contribution in [0.1, 0.15) is 21.5 Å². The molecule has 5 nitrogen and oxygen atoms in total. The van der Waals surface area contributed by atoms with Crippen LogP contribution in [0.3, 0.4) is 0 Å². The Morgan fingerprint density at radius 1 is 1.04 bits per heavy atom. The van der Waals surface area contributed by atoms with Crippen molar-refractivity contribution in [1.82, 2.24) is 5.32 Å². The van der Waals surface area contributed by atoms with E-state index in [-0.39, 0.29) is 18.7 Å². The molecule has 0 unspecified atom stereocenters. The van der Waals surface area contributed by atoms with Gasteiger partial charge in [0, 0.05) is 6.54 Å². The second-order valence-corrected chi connectivity index (χ2v) is 4.65. The molecule has 0 saturated heterocycles. The summed E-state index contributed by atoms with van der Waals surface area (Å²) >= 11 is 0. The lowest BCUT2D eigenvalue weighted by atomic mass is 10.1. The Balaban J connectivity index is 1.90. The first kappa shape index (κ1) is 16.4. The third-order valence-electron chi connectivity index (χ3n) is 2.97. The quantitative estimate of drug-likeness (QED) is 0.887. The van der Waals surface area contributed by atoms with Crippen LogP contribution in [0, 0.1) is 11.6 Å². The van der Waals surface area contributed by atoms with Crippen LogP contribution < -0.4 is 5.32 Å². The van der Waals surface area contributed by atoms with Gasteiger partial charge in [-0.2, -0.15) is 0 Å². The molecular formula is C16H13F2NO4. The molecule has 0 radical (unpaired) electrons. The average Bonchev–Trinajstić information content (AvgIpc) is 2.51. The Bertz CT molecular complexity index is 696. The van der Waals surface area contributed by atoms with Crippen LogP contribution in [-0.2, 0) is 17.9 Å². The highest BCUT2D eigenvalue weighted by atomic mass is 19.1. The molecule has 2 N–H and O–H groups in total. The van der Waals surface area contributed by atoms with Crippen LogP contribution in [0.4, 0.5) is 13.6 Å². The molecular weight excluding hydrogens is 308 g/mol. The summed E-state index contributed by atoms with van der Waals surface area (Å²) in [5.74, 6) is -4.10. The molecule has 0 aliphatic carbocycles. The monoisotopic (exact) mass is 321 g/mol. The molecule has 0 atom stereocenters. The van der Waals surface area contributed by atoms with E-state index in [0.29, 0.717) is 0 Å². The van der Waals surface area contributed by atoms with Gasteiger partial charge in [0.1, 0.15) is 23.8 Å². The number of aromatic carboxylic acids is 1. The van der Waals surface area contributed by atoms with Crippen molar-refractivity contribution in [2.45, 2.75) is 13.2 Å². The predicted molar refractivity (Wildman–Crippen MR) is 76.8 cm³/mol. The number of hydrogen-bond acceptors (Lipinski definition) is 3. The molecule has 2 aromatic rings. The number of rotatable bonds is 5. The van der Waals surface area contributed by atoms with E-state index >= 15 is 0 Å². The van der Waals surface area contributed by atoms with E-state index in [4.69, 9.17) is 9.84 Å². The highest BCUT2D eigenvalue weighted by Gasteiger charge is 2.17. The summed E-state index contributed by atoms with van der Waals surface area (Å²) in [6, 6.07) is 10.7. The highest BCUT2D eigenvalue weighted by Crippen LogP contribution is 2.15. The van der Waals surface area contributed by atoms with Crippen molar-refractivity contribution in [3.05, 3.63) is 70.8 Å². The van der Waals surface area contributed by atoms with E-state index in [1.54, 1.807) is 24.3 Å². The number of benzene rings is 2. The number of halogens is 2. The van der Waals surface area contributed by atoms with Gasteiger partial charge in [-0.25, -0.2) is 18.4 Å². The van der Waals surface area contributed by atoms with Gasteiger partial charge in [-0.3, -0.25) is 0 Å². The lowest BCUT2D eigenvalue weighted by Gasteiger charge is -2.08. The molecule has 2 aromatic carbocycles. The maximum atomic E-state index is 13.5. The van der Waals surface area contributed by atoms with E-state index in [1.807, 2.05) is 6.07 Å². The maximum absolute atomic E-state index is 13.5. The van der Waals surface area contributed by atoms with Gasteiger partial charge in [-0.05, 0) is 23.3 Å². The third kappa shape index (κ3) is 4.50. The largest absolute Gasteiger partial charge is 0.477 e. The van der Waals surface area contributed by atoms with Crippen LogP contribution in [0.25, 0.3) is 0 Å². The molecule has 2 rings (SSSR count). The van der Waals surface area contributed by atoms with Crippen LogP contribution in [0.2, 0.25) is 0 Å². The molecule has 0 aromatic heterocycles. The van der Waals surface area contributed by atoms with Gasteiger partial charge in [0.2, 0.25) is 0 Å². The second kappa shape index (κ2) is 7.35. The van der Waals surface area contributed by atoms with E-state index in [2.05, 4.69) is 5.32 Å². The van der Waals surface area contributed by atoms with Crippen LogP contribution >= 0.6 is 0 Å². The zero-order valence-electron chi connectivity index (χ0n) is 11.9. The molecule has 0 aliphatic heterocycles. The van der Waals surface area contributed by atoms with Crippen molar-refractivity contribution in [2.75, 3.05) is 0 Å². The summed E-state index contributed by atoms with van der Waals surface area (Å²) in [5, 5.41) is 11.0. The number of carbonyl (C=O) groups is 2. The zero-order chi connectivity index (χ0) is 16.8. The van der Waals surface area contributed by atoms with Gasteiger partial charge in [0.05, 0.1) is 0 Å². The first-order chi connectivity index (χ1) is 11.0. The molecule has 0 bridgehead atoms. The first-order valence-electron chi connectivity index (χ1n) is 6.63. The van der Waals surface area contributed by atoms with Crippen molar-refractivity contribution in [2.24, 2.45) is 0 Å². The first-order valence-corrected chi connectivity index (χ1v) is 6.63. The van der Waals surface area contributed by atoms with Gasteiger partial charge < -0.3 is 15.2 Å². The Morgan fingerprint density at radius 3 is 2.22 bits per heavy atom. The van der Waals surface area contributed by atoms with Crippen LogP contribution in [0.5, 0.6) is 0 Å². The number of carbonyl (C=O) groups excluding carboxylic acids is 1. The normalized spacial score (nSPS) is 10.2. The number of ether oxygens (including phenoxy) is 1. The highest BCUT2D eigenvalue weighted by molar-refractivity contribution is 5.88. The number of nitrogens with one attached hydrogen (secondary N) is 1. The molecule has 0 saturated carbocycles. The topological polar surface area (TPSA) is 75.6 Å². The second-order valence-electron chi connectivity index (χ2n) is 4.65. The van der Waals surface area contributed by atoms with Crippen molar-refractivity contribution < 1.29 is 28.2 Å². The lowest BCUT2D eigenvalue weighted by Crippen LogP contribution is -2.24. The smallest absolute Gasteiger partial charge is 0.407 e. The molecule has 7 heteroatoms. The average molecular weight is 321 g/mol. The fourth-order valence-electron chi connectivity index (χ4n) is 1.88. The molecule has 0 aliphatic rings. The number of carboxylic acids is 1. The SMILES string of the molecule is O=C(NCc1cc(F)c(C(=O)O)c(F)c1)OCc1ccccc1. The Kier molecular flexibility index (Phi) is 5.24. The molecule has 23 heavy (non-hydrogen) atoms. The van der Waals surface area contributed by atoms with Crippen molar-refractivity contribution >= 4 is 12.1 Å². The number of hydrogen-bond donors (Lipinski definition) is 2. The van der Waals surface area contributed by atoms with Gasteiger partial charge in [0.15, 0.2) is 0 Å². The molecule has 120 valence electrons. The van der Waals surface area contributed by atoms with E-state index in [9.17, 15) is 18.4 Å². The minimum absolute atomic E-state index is 0.0628. The van der Waals surface area contributed by atoms with Crippen LogP contribution in [-0.4, -0.2) is 17.2 Å². The maximum Gasteiger partial charge on any atom is 0.407 e. The molecule has 1 amide bonds. The predicted octanol–water partition coefficient (Wildman–Crippen LogP) is 3.09. The standard InChI is InChI=1S/C16H13F2NO4/c17-12-6-11(7-13(18)14(12)15(20)21)8-19-16(22)23-9-10-4-2-1-3-5-10/h1-7H,8-9H2,(H,19,22)(H,20,21). The van der Waals surface area contributed by atoms with Crippen molar-refractivity contribution in [3.63, 3.8) is 0 Å². The Hall–Kier alpha value is -2.96. The summed E-state index contributed by atoms with van der Waals surface area (Å²) in [5.41, 5.74) is -0.146. The van der Waals surface area contributed by atoms with Gasteiger partial charge in [-0.1, -0.05) is 30.3 Å². The summed E-state index contributed by atoms with van der Waals surface area (Å²) in [4.78, 5) is 22.2. The molecule has 0 fully saturated rings. The van der Waals surface area contributed by atoms with Gasteiger partial charge in [-0.15, -0.1) is 0 Å². The fraction of sp³-hybridized carbons (Fsp3) is 0.125. The Labute approximate surface area is 130 Å². The number of carboxylic acid groups (broad SMARTS) is 1. The fourth-order valence-corrected chi connectivity index (χ4v) is 1.88. The van der Waals surface area contributed by atoms with Gasteiger partial charge in [0.25, 0.3) is 0 Å². The number of amides is 1. The number of alkyl carbamates (subject to hydrolysis) is 1. The summed E-state index contributed by atoms with van der Waals surface area (Å²) in [7, 11) is 0. The lowest BCUT2D eigenvalue weighted by molar-refractivity contribution is 0.0686. The zero-order valence-corrected chi connectivity index (χ0v) is 11.9. The molecule has 0 heterocycles. The summed E-state index contributed by atoms with van der Waals surface area (Å²) < 4.78 is 31.9. The third-order valence-corrected chi connectivity index (χ3v) is 2.97. The molecule has 0 spiro atoms. The van der Waals surface area contributed by atoms with E-state index in [1.165, 1.54) is 0 Å². The Morgan fingerprint density at radius 2 is 1.65 bits per heavy atom. The van der Waals surface area contributed by atoms with Crippen molar-refractivity contribution in [3.8, 4) is 0 Å². The van der Waals surface area contributed by atoms with E-state index < -0.39 is 29.3 Å². The van der Waals surface area contributed by atoms with Crippen molar-refractivity contribution in [1.29, 1.82) is 0 Å².